The van der Waals surface area contributed by atoms with Crippen molar-refractivity contribution in [1.29, 1.82) is 0 Å². The van der Waals surface area contributed by atoms with Gasteiger partial charge in [-0.05, 0) is 47.5 Å². The Kier molecular flexibility index (Phi) is 4.21. The average molecular weight is 310 g/mol. The minimum atomic E-state index is 0.170. The number of pyridine rings is 3. The van der Waals surface area contributed by atoms with Crippen LogP contribution in [0.4, 0.5) is 0 Å². The zero-order valence-electron chi connectivity index (χ0n) is 11.6. The molecule has 0 unspecified atom stereocenters. The highest BCUT2D eigenvalue weighted by atomic mass is 35.5. The Morgan fingerprint density at radius 1 is 0.955 bits per heavy atom. The maximum atomic E-state index is 10.9. The molecule has 0 aromatic carbocycles. The molecule has 0 aliphatic heterocycles. The molecule has 4 nitrogen and oxygen atoms in total. The Morgan fingerprint density at radius 3 is 2.68 bits per heavy atom. The molecule has 1 aliphatic carbocycles. The summed E-state index contributed by atoms with van der Waals surface area (Å²) < 4.78 is 0. The molecule has 0 amide bonds. The lowest BCUT2D eigenvalue weighted by atomic mass is 9.99. The fraction of sp³-hybridized carbons (Fsp3) is 0.0588. The number of allylic oxidation sites excluding steroid dienone is 1. The SMILES string of the molecule is Clc1ccc2cnccc2n1.O=C1C=Cc2cnccc2C1. The van der Waals surface area contributed by atoms with Crippen molar-refractivity contribution in [2.75, 3.05) is 0 Å². The van der Waals surface area contributed by atoms with E-state index in [1.165, 1.54) is 0 Å². The Balaban J connectivity index is 0.000000131. The van der Waals surface area contributed by atoms with Crippen molar-refractivity contribution in [3.05, 3.63) is 71.4 Å². The molecule has 0 fully saturated rings. The molecule has 3 aromatic heterocycles. The van der Waals surface area contributed by atoms with Crippen molar-refractivity contribution < 1.29 is 4.79 Å². The summed E-state index contributed by atoms with van der Waals surface area (Å²) in [5.41, 5.74) is 3.02. The summed E-state index contributed by atoms with van der Waals surface area (Å²) in [6.07, 6.45) is 10.9. The quantitative estimate of drug-likeness (QED) is 0.596. The minimum Gasteiger partial charge on any atom is -0.294 e. The Labute approximate surface area is 132 Å². The van der Waals surface area contributed by atoms with E-state index in [0.717, 1.165) is 22.0 Å². The van der Waals surface area contributed by atoms with Gasteiger partial charge in [0.2, 0.25) is 0 Å². The summed E-state index contributed by atoms with van der Waals surface area (Å²) in [5, 5.41) is 1.53. The third kappa shape index (κ3) is 3.35. The van der Waals surface area contributed by atoms with Gasteiger partial charge in [-0.15, -0.1) is 0 Å². The number of hydrogen-bond donors (Lipinski definition) is 0. The fourth-order valence-corrected chi connectivity index (χ4v) is 2.27. The molecule has 0 radical (unpaired) electrons. The van der Waals surface area contributed by atoms with Gasteiger partial charge in [0, 0.05) is 36.6 Å². The van der Waals surface area contributed by atoms with E-state index in [1.54, 1.807) is 36.9 Å². The van der Waals surface area contributed by atoms with Crippen LogP contribution in [0.15, 0.2) is 55.1 Å². The molecular weight excluding hydrogens is 298 g/mol. The van der Waals surface area contributed by atoms with Crippen molar-refractivity contribution in [3.63, 3.8) is 0 Å². The van der Waals surface area contributed by atoms with Crippen LogP contribution in [0.3, 0.4) is 0 Å². The molecular formula is C17H12ClN3O. The Morgan fingerprint density at radius 2 is 1.77 bits per heavy atom. The van der Waals surface area contributed by atoms with E-state index in [1.807, 2.05) is 24.3 Å². The summed E-state index contributed by atoms with van der Waals surface area (Å²) in [5.74, 6) is 0.170. The van der Waals surface area contributed by atoms with Crippen LogP contribution in [0.25, 0.3) is 17.0 Å². The minimum absolute atomic E-state index is 0.170. The van der Waals surface area contributed by atoms with E-state index in [9.17, 15) is 4.79 Å². The Hall–Kier alpha value is -2.59. The number of carbonyl (C=O) groups is 1. The van der Waals surface area contributed by atoms with Crippen LogP contribution in [-0.2, 0) is 11.2 Å². The molecule has 108 valence electrons. The maximum Gasteiger partial charge on any atom is 0.160 e. The molecule has 4 rings (SSSR count). The van der Waals surface area contributed by atoms with Crippen LogP contribution in [0.5, 0.6) is 0 Å². The van der Waals surface area contributed by atoms with E-state index in [4.69, 9.17) is 11.6 Å². The van der Waals surface area contributed by atoms with E-state index in [-0.39, 0.29) is 5.78 Å². The van der Waals surface area contributed by atoms with Gasteiger partial charge in [0.15, 0.2) is 5.78 Å². The predicted octanol–water partition coefficient (Wildman–Crippen LogP) is 3.50. The number of nitrogens with zero attached hydrogens (tertiary/aromatic N) is 3. The summed E-state index contributed by atoms with van der Waals surface area (Å²) in [4.78, 5) is 22.9. The zero-order valence-corrected chi connectivity index (χ0v) is 12.4. The maximum absolute atomic E-state index is 10.9. The first-order valence-electron chi connectivity index (χ1n) is 6.72. The highest BCUT2D eigenvalue weighted by Gasteiger charge is 2.08. The van der Waals surface area contributed by atoms with Gasteiger partial charge in [0.1, 0.15) is 5.15 Å². The lowest BCUT2D eigenvalue weighted by Crippen LogP contribution is -2.04. The van der Waals surface area contributed by atoms with Crippen LogP contribution in [0.1, 0.15) is 11.1 Å². The lowest BCUT2D eigenvalue weighted by molar-refractivity contribution is -0.114. The average Bonchev–Trinajstić information content (AvgIpc) is 2.55. The number of carbonyl (C=O) groups excluding carboxylic acids is 1. The monoisotopic (exact) mass is 309 g/mol. The number of aromatic nitrogens is 3. The second-order valence-electron chi connectivity index (χ2n) is 4.75. The summed E-state index contributed by atoms with van der Waals surface area (Å²) in [7, 11) is 0. The first-order valence-corrected chi connectivity index (χ1v) is 7.10. The van der Waals surface area contributed by atoms with Crippen molar-refractivity contribution >= 4 is 34.4 Å². The molecule has 1 aliphatic rings. The third-order valence-electron chi connectivity index (χ3n) is 3.22. The fourth-order valence-electron chi connectivity index (χ4n) is 2.12. The third-order valence-corrected chi connectivity index (χ3v) is 3.43. The van der Waals surface area contributed by atoms with Gasteiger partial charge in [0.25, 0.3) is 0 Å². The molecule has 3 aromatic rings. The molecule has 0 atom stereocenters. The molecule has 0 saturated heterocycles. The van der Waals surface area contributed by atoms with Crippen molar-refractivity contribution in [3.8, 4) is 0 Å². The van der Waals surface area contributed by atoms with Crippen LogP contribution in [0, 0.1) is 0 Å². The van der Waals surface area contributed by atoms with Gasteiger partial charge in [-0.2, -0.15) is 0 Å². The second kappa shape index (κ2) is 6.45. The smallest absolute Gasteiger partial charge is 0.160 e. The van der Waals surface area contributed by atoms with E-state index < -0.39 is 0 Å². The van der Waals surface area contributed by atoms with Gasteiger partial charge < -0.3 is 0 Å². The normalized spacial score (nSPS) is 12.5. The van der Waals surface area contributed by atoms with Crippen LogP contribution in [0.2, 0.25) is 5.15 Å². The summed E-state index contributed by atoms with van der Waals surface area (Å²) >= 11 is 5.69. The van der Waals surface area contributed by atoms with Crippen LogP contribution < -0.4 is 0 Å². The van der Waals surface area contributed by atoms with Crippen LogP contribution >= 0.6 is 11.6 Å². The van der Waals surface area contributed by atoms with Crippen molar-refractivity contribution in [1.82, 2.24) is 15.0 Å². The highest BCUT2D eigenvalue weighted by Crippen LogP contribution is 2.15. The second-order valence-corrected chi connectivity index (χ2v) is 5.14. The first kappa shape index (κ1) is 14.4. The molecule has 0 bridgehead atoms. The van der Waals surface area contributed by atoms with Gasteiger partial charge in [-0.3, -0.25) is 14.8 Å². The van der Waals surface area contributed by atoms with Crippen molar-refractivity contribution in [2.24, 2.45) is 0 Å². The first-order chi connectivity index (χ1) is 10.7. The molecule has 0 spiro atoms. The number of fused-ring (bicyclic) bond motifs is 2. The van der Waals surface area contributed by atoms with E-state index in [2.05, 4.69) is 15.0 Å². The van der Waals surface area contributed by atoms with Gasteiger partial charge in [-0.1, -0.05) is 11.6 Å². The summed E-state index contributed by atoms with van der Waals surface area (Å²) in [6, 6.07) is 7.38. The molecule has 5 heteroatoms. The number of hydrogen-bond acceptors (Lipinski definition) is 4. The standard InChI is InChI=1S/C9H7NO.C8H5ClN2/c11-9-2-1-8-6-10-4-3-7(8)5-9;9-8-2-1-6-5-10-4-3-7(6)11-8/h1-4,6H,5H2;1-5H. The molecule has 3 heterocycles. The van der Waals surface area contributed by atoms with Crippen molar-refractivity contribution in [2.45, 2.75) is 6.42 Å². The number of halogens is 1. The van der Waals surface area contributed by atoms with Gasteiger partial charge in [-0.25, -0.2) is 4.98 Å². The predicted molar refractivity (Wildman–Crippen MR) is 86.5 cm³/mol. The van der Waals surface area contributed by atoms with E-state index >= 15 is 0 Å². The van der Waals surface area contributed by atoms with Crippen LogP contribution in [-0.4, -0.2) is 20.7 Å². The zero-order chi connectivity index (χ0) is 15.4. The molecule has 22 heavy (non-hydrogen) atoms. The van der Waals surface area contributed by atoms with Gasteiger partial charge >= 0.3 is 0 Å². The highest BCUT2D eigenvalue weighted by molar-refractivity contribution is 6.29. The molecule has 0 saturated carbocycles. The lowest BCUT2D eigenvalue weighted by Gasteiger charge is -2.06. The summed E-state index contributed by atoms with van der Waals surface area (Å²) in [6.45, 7) is 0. The number of ketones is 1. The molecule has 0 N–H and O–H groups in total. The topological polar surface area (TPSA) is 55.7 Å². The Bertz CT molecular complexity index is 861. The van der Waals surface area contributed by atoms with E-state index in [0.29, 0.717) is 11.6 Å². The number of rotatable bonds is 0. The van der Waals surface area contributed by atoms with Gasteiger partial charge in [0.05, 0.1) is 5.52 Å². The largest absolute Gasteiger partial charge is 0.294 e.